The Hall–Kier alpha value is -3.03. The molecule has 4 saturated carbocycles. The van der Waals surface area contributed by atoms with Crippen LogP contribution in [-0.2, 0) is 17.9 Å². The van der Waals surface area contributed by atoms with Crippen LogP contribution in [0.5, 0.6) is 0 Å². The van der Waals surface area contributed by atoms with Crippen LogP contribution in [0.15, 0.2) is 60.7 Å². The van der Waals surface area contributed by atoms with Gasteiger partial charge >= 0.3 is 0 Å². The lowest BCUT2D eigenvalue weighted by molar-refractivity contribution is -0.412. The third kappa shape index (κ3) is 2.71. The lowest BCUT2D eigenvalue weighted by Gasteiger charge is -2.95. The number of thiophene rings is 1. The maximum atomic E-state index is 13.6. The molecular formula is C30H28FN3O2S. The van der Waals surface area contributed by atoms with E-state index in [1.54, 1.807) is 17.4 Å². The number of amides is 2. The van der Waals surface area contributed by atoms with E-state index < -0.39 is 0 Å². The van der Waals surface area contributed by atoms with Gasteiger partial charge in [0.2, 0.25) is 5.91 Å². The molecule has 4 fully saturated rings. The quantitative estimate of drug-likeness (QED) is 0.501. The molecule has 1 aliphatic heterocycles. The van der Waals surface area contributed by atoms with Crippen LogP contribution < -0.4 is 10.6 Å². The third-order valence-corrected chi connectivity index (χ3v) is 11.4. The summed E-state index contributed by atoms with van der Waals surface area (Å²) in [5.74, 6) is 1.13. The number of hydrogen-bond donors (Lipinski definition) is 2. The van der Waals surface area contributed by atoms with Gasteiger partial charge in [0, 0.05) is 28.9 Å². The van der Waals surface area contributed by atoms with Crippen molar-refractivity contribution in [2.75, 3.05) is 6.54 Å². The van der Waals surface area contributed by atoms with Gasteiger partial charge < -0.3 is 15.5 Å². The van der Waals surface area contributed by atoms with E-state index in [9.17, 15) is 14.0 Å². The zero-order valence-electron chi connectivity index (χ0n) is 20.4. The van der Waals surface area contributed by atoms with Gasteiger partial charge in [-0.25, -0.2) is 4.39 Å². The molecule has 7 heteroatoms. The smallest absolute Gasteiger partial charge is 0.261 e. The minimum Gasteiger partial charge on any atom is -0.345 e. The van der Waals surface area contributed by atoms with Gasteiger partial charge in [0.05, 0.1) is 17.0 Å². The summed E-state index contributed by atoms with van der Waals surface area (Å²) in [7, 11) is 0. The Labute approximate surface area is 219 Å². The molecule has 5 nitrogen and oxygen atoms in total. The Kier molecular flexibility index (Phi) is 4.34. The number of carbonyl (C=O) groups is 2. The van der Waals surface area contributed by atoms with E-state index in [2.05, 4.69) is 22.8 Å². The number of rotatable bonds is 6. The highest BCUT2D eigenvalue weighted by Gasteiger charge is 2.94. The summed E-state index contributed by atoms with van der Waals surface area (Å²) in [5, 5.41) is 7.16. The number of benzene rings is 2. The Morgan fingerprint density at radius 2 is 1.76 bits per heavy atom. The first kappa shape index (κ1) is 22.0. The fraction of sp³-hybridized carbons (Fsp3) is 0.400. The molecule has 2 amide bonds. The van der Waals surface area contributed by atoms with Crippen molar-refractivity contribution in [2.45, 2.75) is 49.9 Å². The molecule has 1 aromatic heterocycles. The van der Waals surface area contributed by atoms with E-state index >= 15 is 0 Å². The van der Waals surface area contributed by atoms with Crippen molar-refractivity contribution in [1.82, 2.24) is 15.5 Å². The monoisotopic (exact) mass is 513 g/mol. The van der Waals surface area contributed by atoms with Crippen molar-refractivity contribution in [2.24, 2.45) is 17.3 Å². The standard InChI is InChI=1S/C30H28FN3O2S/c31-23-7-6-19-15-34(16-20(19)10-23)26(35)14-32-28-12-21-11-22-13-29(17-28,30(21,22)28)33-27(36)25-9-8-24(37-25)18-4-2-1-3-5-18/h1-10,21-22,32H,11-17H2,(H,33,36). The molecule has 0 saturated heterocycles. The zero-order valence-corrected chi connectivity index (χ0v) is 21.2. The molecule has 0 radical (unpaired) electrons. The highest BCUT2D eigenvalue weighted by molar-refractivity contribution is 7.17. The van der Waals surface area contributed by atoms with Crippen LogP contribution in [0.2, 0.25) is 0 Å². The molecule has 1 spiro atoms. The number of nitrogens with one attached hydrogen (secondary N) is 2. The number of carbonyl (C=O) groups excluding carboxylic acids is 2. The van der Waals surface area contributed by atoms with Gasteiger partial charge in [-0.15, -0.1) is 11.3 Å². The van der Waals surface area contributed by atoms with Gasteiger partial charge in [-0.3, -0.25) is 9.59 Å². The zero-order chi connectivity index (χ0) is 25.0. The second kappa shape index (κ2) is 7.29. The van der Waals surface area contributed by atoms with E-state index in [-0.39, 0.29) is 34.1 Å². The molecule has 8 rings (SSSR count). The number of hydrogen-bond acceptors (Lipinski definition) is 4. The first-order chi connectivity index (χ1) is 17.9. The van der Waals surface area contributed by atoms with Crippen LogP contribution in [-0.4, -0.2) is 34.3 Å². The SMILES string of the molecule is O=C(NC12CC3CC4CC(NCC(=O)N5Cc6ccc(F)cc6C5)(C1)C432)c1ccc(-c2ccccc2)s1. The normalized spacial score (nSPS) is 33.6. The third-order valence-electron chi connectivity index (χ3n) is 10.3. The van der Waals surface area contributed by atoms with E-state index in [1.165, 1.54) is 18.6 Å². The van der Waals surface area contributed by atoms with Gasteiger partial charge in [0.1, 0.15) is 5.82 Å². The predicted octanol–water partition coefficient (Wildman–Crippen LogP) is 4.73. The Balaban J connectivity index is 0.946. The largest absolute Gasteiger partial charge is 0.345 e. The minimum atomic E-state index is -0.252. The van der Waals surface area contributed by atoms with Gasteiger partial charge in [-0.2, -0.15) is 0 Å². The molecule has 5 unspecified atom stereocenters. The molecule has 5 aliphatic rings. The second-order valence-electron chi connectivity index (χ2n) is 11.7. The number of nitrogens with zero attached hydrogens (tertiary/aromatic N) is 1. The lowest BCUT2D eigenvalue weighted by atomic mass is 9.13. The Morgan fingerprint density at radius 3 is 2.57 bits per heavy atom. The Morgan fingerprint density at radius 1 is 0.973 bits per heavy atom. The van der Waals surface area contributed by atoms with Crippen molar-refractivity contribution < 1.29 is 14.0 Å². The van der Waals surface area contributed by atoms with Crippen molar-refractivity contribution in [1.29, 1.82) is 0 Å². The molecule has 5 atom stereocenters. The summed E-state index contributed by atoms with van der Waals surface area (Å²) in [5.41, 5.74) is 3.01. The summed E-state index contributed by atoms with van der Waals surface area (Å²) >= 11 is 1.55. The first-order valence-electron chi connectivity index (χ1n) is 13.2. The molecule has 2 aromatic carbocycles. The molecule has 188 valence electrons. The molecular weight excluding hydrogens is 485 g/mol. The van der Waals surface area contributed by atoms with E-state index in [0.717, 1.165) is 45.7 Å². The highest BCUT2D eigenvalue weighted by Crippen LogP contribution is 2.90. The predicted molar refractivity (Wildman–Crippen MR) is 139 cm³/mol. The van der Waals surface area contributed by atoms with Gasteiger partial charge in [0.25, 0.3) is 5.91 Å². The van der Waals surface area contributed by atoms with Crippen molar-refractivity contribution in [3.05, 3.63) is 82.5 Å². The molecule has 2 heterocycles. The van der Waals surface area contributed by atoms with Gasteiger partial charge in [-0.1, -0.05) is 36.4 Å². The van der Waals surface area contributed by atoms with Gasteiger partial charge in [-0.05, 0) is 78.5 Å². The Bertz CT molecular complexity index is 1470. The topological polar surface area (TPSA) is 61.4 Å². The molecule has 2 N–H and O–H groups in total. The van der Waals surface area contributed by atoms with Crippen molar-refractivity contribution >= 4 is 23.2 Å². The van der Waals surface area contributed by atoms with E-state index in [0.29, 0.717) is 31.5 Å². The van der Waals surface area contributed by atoms with Crippen molar-refractivity contribution in [3.63, 3.8) is 0 Å². The molecule has 3 aromatic rings. The summed E-state index contributed by atoms with van der Waals surface area (Å²) in [6.45, 7) is 1.32. The summed E-state index contributed by atoms with van der Waals surface area (Å²) in [6, 6.07) is 18.9. The second-order valence-corrected chi connectivity index (χ2v) is 12.8. The van der Waals surface area contributed by atoms with Crippen LogP contribution in [0.1, 0.15) is 46.5 Å². The maximum absolute atomic E-state index is 13.6. The molecule has 4 aliphatic carbocycles. The van der Waals surface area contributed by atoms with Crippen molar-refractivity contribution in [3.8, 4) is 10.4 Å². The molecule has 0 bridgehead atoms. The van der Waals surface area contributed by atoms with Crippen LogP contribution in [0, 0.1) is 23.1 Å². The fourth-order valence-electron chi connectivity index (χ4n) is 9.03. The lowest BCUT2D eigenvalue weighted by Crippen LogP contribution is -3.02. The van der Waals surface area contributed by atoms with Crippen LogP contribution in [0.25, 0.3) is 10.4 Å². The van der Waals surface area contributed by atoms with Gasteiger partial charge in [0.15, 0.2) is 0 Å². The number of halogens is 1. The van der Waals surface area contributed by atoms with E-state index in [1.807, 2.05) is 35.2 Å². The van der Waals surface area contributed by atoms with E-state index in [4.69, 9.17) is 0 Å². The number of fused-ring (bicyclic) bond motifs is 1. The van der Waals surface area contributed by atoms with Crippen LogP contribution in [0.3, 0.4) is 0 Å². The first-order valence-corrected chi connectivity index (χ1v) is 14.0. The molecule has 37 heavy (non-hydrogen) atoms. The summed E-state index contributed by atoms with van der Waals surface area (Å²) < 4.78 is 13.6. The van der Waals surface area contributed by atoms with Crippen LogP contribution >= 0.6 is 11.3 Å². The summed E-state index contributed by atoms with van der Waals surface area (Å²) in [6.07, 6.45) is 4.29. The van der Waals surface area contributed by atoms with Crippen LogP contribution in [0.4, 0.5) is 4.39 Å². The maximum Gasteiger partial charge on any atom is 0.261 e. The highest BCUT2D eigenvalue weighted by atomic mass is 32.1. The fourth-order valence-corrected chi connectivity index (χ4v) is 9.94. The summed E-state index contributed by atoms with van der Waals surface area (Å²) in [4.78, 5) is 30.1. The average molecular weight is 514 g/mol. The average Bonchev–Trinajstić information content (AvgIpc) is 3.51. The minimum absolute atomic E-state index is 0.0318.